The number of nitrogens with zero attached hydrogens (tertiary/aromatic N) is 3. The topological polar surface area (TPSA) is 92.0 Å². The van der Waals surface area contributed by atoms with Crippen LogP contribution in [0.25, 0.3) is 0 Å². The molecule has 9 heteroatoms. The quantitative estimate of drug-likeness (QED) is 0.342. The van der Waals surface area contributed by atoms with Gasteiger partial charge in [0.1, 0.15) is 0 Å². The number of hydrazone groups is 1. The fourth-order valence-corrected chi connectivity index (χ4v) is 2.23. The van der Waals surface area contributed by atoms with Crippen molar-refractivity contribution in [2.24, 2.45) is 5.10 Å². The highest BCUT2D eigenvalue weighted by atomic mass is 32.1. The van der Waals surface area contributed by atoms with Crippen LogP contribution in [0, 0.1) is 10.1 Å². The maximum Gasteiger partial charge on any atom is 0.270 e. The van der Waals surface area contributed by atoms with Crippen LogP contribution < -0.4 is 10.7 Å². The Labute approximate surface area is 139 Å². The third-order valence-corrected chi connectivity index (χ3v) is 3.51. The Morgan fingerprint density at radius 3 is 3.00 bits per heavy atom. The van der Waals surface area contributed by atoms with E-state index in [4.69, 9.17) is 17.0 Å². The molecule has 0 atom stereocenters. The first-order valence-corrected chi connectivity index (χ1v) is 7.67. The number of nitro benzene ring substituents is 1. The van der Waals surface area contributed by atoms with E-state index in [1.54, 1.807) is 12.1 Å². The second kappa shape index (κ2) is 9.13. The molecule has 0 amide bonds. The van der Waals surface area contributed by atoms with Gasteiger partial charge < -0.3 is 10.1 Å². The minimum atomic E-state index is -0.442. The van der Waals surface area contributed by atoms with Gasteiger partial charge in [-0.25, -0.2) is 0 Å². The largest absolute Gasteiger partial charge is 0.379 e. The lowest BCUT2D eigenvalue weighted by molar-refractivity contribution is -0.384. The molecule has 8 nitrogen and oxygen atoms in total. The van der Waals surface area contributed by atoms with Crippen molar-refractivity contribution in [2.75, 3.05) is 39.4 Å². The number of nitro groups is 1. The number of non-ortho nitro benzene ring substituents is 1. The van der Waals surface area contributed by atoms with E-state index in [-0.39, 0.29) is 5.69 Å². The van der Waals surface area contributed by atoms with E-state index < -0.39 is 4.92 Å². The number of nitrogens with one attached hydrogen (secondary N) is 2. The predicted molar refractivity (Wildman–Crippen MR) is 91.7 cm³/mol. The van der Waals surface area contributed by atoms with Gasteiger partial charge in [-0.1, -0.05) is 12.1 Å². The van der Waals surface area contributed by atoms with Crippen molar-refractivity contribution in [1.29, 1.82) is 0 Å². The van der Waals surface area contributed by atoms with Gasteiger partial charge in [0.05, 0.1) is 24.4 Å². The third-order valence-electron chi connectivity index (χ3n) is 3.28. The molecule has 1 aliphatic heterocycles. The highest BCUT2D eigenvalue weighted by Crippen LogP contribution is 2.11. The van der Waals surface area contributed by atoms with E-state index in [1.165, 1.54) is 18.3 Å². The van der Waals surface area contributed by atoms with E-state index in [2.05, 4.69) is 20.7 Å². The Morgan fingerprint density at radius 2 is 2.26 bits per heavy atom. The maximum atomic E-state index is 10.7. The number of rotatable bonds is 6. The van der Waals surface area contributed by atoms with Gasteiger partial charge in [0.25, 0.3) is 5.69 Å². The van der Waals surface area contributed by atoms with Gasteiger partial charge in [-0.05, 0) is 12.2 Å². The lowest BCUT2D eigenvalue weighted by Crippen LogP contribution is -2.42. The number of hydrogen-bond acceptors (Lipinski definition) is 6. The van der Waals surface area contributed by atoms with Gasteiger partial charge in [-0.15, -0.1) is 0 Å². The van der Waals surface area contributed by atoms with Gasteiger partial charge >= 0.3 is 0 Å². The average Bonchev–Trinajstić information content (AvgIpc) is 2.56. The molecule has 1 aromatic carbocycles. The summed E-state index contributed by atoms with van der Waals surface area (Å²) in [5.74, 6) is 0. The number of morpholine rings is 1. The zero-order chi connectivity index (χ0) is 16.5. The minimum absolute atomic E-state index is 0.0279. The van der Waals surface area contributed by atoms with Crippen LogP contribution in [0.1, 0.15) is 5.56 Å². The first kappa shape index (κ1) is 17.3. The molecular weight excluding hydrogens is 318 g/mol. The summed E-state index contributed by atoms with van der Waals surface area (Å²) in [6, 6.07) is 6.22. The van der Waals surface area contributed by atoms with Gasteiger partial charge in [0.2, 0.25) is 0 Å². The van der Waals surface area contributed by atoms with Crippen LogP contribution in [0.5, 0.6) is 0 Å². The van der Waals surface area contributed by atoms with Crippen LogP contribution >= 0.6 is 12.2 Å². The fraction of sp³-hybridized carbons (Fsp3) is 0.429. The predicted octanol–water partition coefficient (Wildman–Crippen LogP) is 0.725. The molecule has 0 spiro atoms. The Bertz CT molecular complexity index is 575. The lowest BCUT2D eigenvalue weighted by atomic mass is 10.2. The number of benzene rings is 1. The molecule has 0 aromatic heterocycles. The normalized spacial score (nSPS) is 15.5. The van der Waals surface area contributed by atoms with Crippen LogP contribution in [0.4, 0.5) is 5.69 Å². The summed E-state index contributed by atoms with van der Waals surface area (Å²) < 4.78 is 5.28. The van der Waals surface area contributed by atoms with E-state index in [0.29, 0.717) is 10.7 Å². The number of thiocarbonyl (C=S) groups is 1. The van der Waals surface area contributed by atoms with Gasteiger partial charge in [-0.3, -0.25) is 20.4 Å². The monoisotopic (exact) mass is 337 g/mol. The van der Waals surface area contributed by atoms with Crippen LogP contribution in [0.15, 0.2) is 29.4 Å². The Hall–Kier alpha value is -2.10. The molecule has 1 fully saturated rings. The van der Waals surface area contributed by atoms with E-state index in [0.717, 1.165) is 39.4 Å². The standard InChI is InChI=1S/C14H19N5O3S/c20-19(21)13-3-1-2-12(10-13)11-16-17-14(23)15-4-5-18-6-8-22-9-7-18/h1-3,10-11H,4-9H2,(H2,15,17,23)/b16-11+. The Kier molecular flexibility index (Phi) is 6.85. The summed E-state index contributed by atoms with van der Waals surface area (Å²) >= 11 is 5.12. The maximum absolute atomic E-state index is 10.7. The number of hydrogen-bond donors (Lipinski definition) is 2. The van der Waals surface area contributed by atoms with Crippen molar-refractivity contribution in [1.82, 2.24) is 15.6 Å². The summed E-state index contributed by atoms with van der Waals surface area (Å²) in [5, 5.41) is 18.1. The molecule has 1 aliphatic rings. The summed E-state index contributed by atoms with van der Waals surface area (Å²) in [6.45, 7) is 5.03. The van der Waals surface area contributed by atoms with E-state index >= 15 is 0 Å². The van der Waals surface area contributed by atoms with E-state index in [1.807, 2.05) is 0 Å². The summed E-state index contributed by atoms with van der Waals surface area (Å²) in [6.07, 6.45) is 1.49. The molecule has 0 radical (unpaired) electrons. The van der Waals surface area contributed by atoms with Crippen LogP contribution in [0.3, 0.4) is 0 Å². The highest BCUT2D eigenvalue weighted by Gasteiger charge is 2.09. The first-order chi connectivity index (χ1) is 11.1. The zero-order valence-electron chi connectivity index (χ0n) is 12.6. The minimum Gasteiger partial charge on any atom is -0.379 e. The summed E-state index contributed by atoms with van der Waals surface area (Å²) in [4.78, 5) is 12.5. The molecule has 0 bridgehead atoms. The average molecular weight is 337 g/mol. The van der Waals surface area contributed by atoms with Crippen LogP contribution in [-0.4, -0.2) is 60.5 Å². The second-order valence-electron chi connectivity index (χ2n) is 4.93. The van der Waals surface area contributed by atoms with Crippen LogP contribution in [0.2, 0.25) is 0 Å². The van der Waals surface area contributed by atoms with Crippen molar-refractivity contribution in [3.8, 4) is 0 Å². The van der Waals surface area contributed by atoms with Crippen molar-refractivity contribution < 1.29 is 9.66 Å². The van der Waals surface area contributed by atoms with Crippen molar-refractivity contribution in [3.05, 3.63) is 39.9 Å². The zero-order valence-corrected chi connectivity index (χ0v) is 13.4. The van der Waals surface area contributed by atoms with Crippen molar-refractivity contribution in [3.63, 3.8) is 0 Å². The molecule has 2 rings (SSSR count). The number of ether oxygens (including phenoxy) is 1. The van der Waals surface area contributed by atoms with Gasteiger partial charge in [0.15, 0.2) is 5.11 Å². The summed E-state index contributed by atoms with van der Waals surface area (Å²) in [7, 11) is 0. The smallest absolute Gasteiger partial charge is 0.270 e. The van der Waals surface area contributed by atoms with Gasteiger partial charge in [0, 0.05) is 43.9 Å². The summed E-state index contributed by atoms with van der Waals surface area (Å²) in [5.41, 5.74) is 3.35. The molecule has 0 unspecified atom stereocenters. The van der Waals surface area contributed by atoms with Gasteiger partial charge in [-0.2, -0.15) is 5.10 Å². The Morgan fingerprint density at radius 1 is 1.48 bits per heavy atom. The third kappa shape index (κ3) is 6.27. The molecule has 2 N–H and O–H groups in total. The SMILES string of the molecule is O=[N+]([O-])c1cccc(/C=N/NC(=S)NCCN2CCOCC2)c1. The first-order valence-electron chi connectivity index (χ1n) is 7.26. The second-order valence-corrected chi connectivity index (χ2v) is 5.34. The van der Waals surface area contributed by atoms with Crippen molar-refractivity contribution >= 4 is 29.2 Å². The molecule has 1 aromatic rings. The highest BCUT2D eigenvalue weighted by molar-refractivity contribution is 7.80. The van der Waals surface area contributed by atoms with E-state index in [9.17, 15) is 10.1 Å². The molecule has 0 aliphatic carbocycles. The Balaban J connectivity index is 1.69. The lowest BCUT2D eigenvalue weighted by Gasteiger charge is -2.26. The van der Waals surface area contributed by atoms with Crippen molar-refractivity contribution in [2.45, 2.75) is 0 Å². The molecule has 0 saturated carbocycles. The fourth-order valence-electron chi connectivity index (χ4n) is 2.08. The molecule has 1 saturated heterocycles. The molecule has 23 heavy (non-hydrogen) atoms. The molecular formula is C14H19N5O3S. The molecule has 1 heterocycles. The van der Waals surface area contributed by atoms with Crippen LogP contribution in [-0.2, 0) is 4.74 Å². The molecule has 124 valence electrons.